The first-order valence-corrected chi connectivity index (χ1v) is 10.8. The standard InChI is InChI=1S/C24H23ClF2N2O3/c1-3-31-23(30)12-15-9-20(15)16-10-21(26)24(22(27)11-16)32-13-19-8-14(2)28-29(19)18-6-4-17(25)5-7-18/h4-8,10-11,15,20H,3,9,12-13H2,1-2H3. The Balaban J connectivity index is 1.46. The lowest BCUT2D eigenvalue weighted by molar-refractivity contribution is -0.143. The third-order valence-corrected chi connectivity index (χ3v) is 5.70. The molecular formula is C24H23ClF2N2O3. The molecule has 2 unspecified atom stereocenters. The van der Waals surface area contributed by atoms with Gasteiger partial charge in [0, 0.05) is 11.4 Å². The lowest BCUT2D eigenvalue weighted by atomic mass is 10.1. The van der Waals surface area contributed by atoms with Crippen LogP contribution in [-0.4, -0.2) is 22.4 Å². The second kappa shape index (κ2) is 9.28. The van der Waals surface area contributed by atoms with E-state index >= 15 is 0 Å². The van der Waals surface area contributed by atoms with Crippen LogP contribution in [0.4, 0.5) is 8.78 Å². The summed E-state index contributed by atoms with van der Waals surface area (Å²) in [5, 5.41) is 5.02. The summed E-state index contributed by atoms with van der Waals surface area (Å²) in [6.07, 6.45) is 0.964. The number of benzene rings is 2. The maximum absolute atomic E-state index is 14.7. The molecule has 2 aromatic carbocycles. The van der Waals surface area contributed by atoms with Crippen molar-refractivity contribution in [3.05, 3.63) is 76.1 Å². The normalized spacial score (nSPS) is 17.3. The smallest absolute Gasteiger partial charge is 0.306 e. The zero-order valence-corrected chi connectivity index (χ0v) is 18.5. The SMILES string of the molecule is CCOC(=O)CC1CC1c1cc(F)c(OCc2cc(C)nn2-c2ccc(Cl)cc2)c(F)c1. The van der Waals surface area contributed by atoms with E-state index in [0.29, 0.717) is 29.3 Å². The van der Waals surface area contributed by atoms with Crippen LogP contribution in [0.3, 0.4) is 0 Å². The predicted molar refractivity (Wildman–Crippen MR) is 116 cm³/mol. The van der Waals surface area contributed by atoms with Crippen LogP contribution in [0.2, 0.25) is 5.02 Å². The van der Waals surface area contributed by atoms with E-state index in [1.165, 1.54) is 12.1 Å². The van der Waals surface area contributed by atoms with Crippen molar-refractivity contribution in [1.29, 1.82) is 0 Å². The Kier molecular flexibility index (Phi) is 6.46. The van der Waals surface area contributed by atoms with Crippen molar-refractivity contribution in [3.63, 3.8) is 0 Å². The molecule has 1 aliphatic carbocycles. The van der Waals surface area contributed by atoms with Gasteiger partial charge in [0.2, 0.25) is 0 Å². The summed E-state index contributed by atoms with van der Waals surface area (Å²) in [6.45, 7) is 3.83. The van der Waals surface area contributed by atoms with E-state index < -0.39 is 17.4 Å². The number of hydrogen-bond donors (Lipinski definition) is 0. The van der Waals surface area contributed by atoms with Crippen molar-refractivity contribution in [2.24, 2.45) is 5.92 Å². The highest BCUT2D eigenvalue weighted by Crippen LogP contribution is 2.50. The van der Waals surface area contributed by atoms with Crippen LogP contribution in [0.25, 0.3) is 5.69 Å². The Morgan fingerprint density at radius 3 is 2.53 bits per heavy atom. The van der Waals surface area contributed by atoms with Gasteiger partial charge in [-0.25, -0.2) is 13.5 Å². The number of aryl methyl sites for hydroxylation is 1. The fraction of sp³-hybridized carbons (Fsp3) is 0.333. The zero-order valence-electron chi connectivity index (χ0n) is 17.8. The molecular weight excluding hydrogens is 438 g/mol. The second-order valence-corrected chi connectivity index (χ2v) is 8.32. The molecule has 0 aliphatic heterocycles. The van der Waals surface area contributed by atoms with Crippen LogP contribution in [0, 0.1) is 24.5 Å². The van der Waals surface area contributed by atoms with Crippen molar-refractivity contribution in [2.45, 2.75) is 39.2 Å². The number of halogens is 3. The van der Waals surface area contributed by atoms with Gasteiger partial charge in [-0.2, -0.15) is 5.10 Å². The molecule has 1 fully saturated rings. The Labute approximate surface area is 189 Å². The minimum absolute atomic E-state index is 0.0496. The van der Waals surface area contributed by atoms with Gasteiger partial charge in [-0.05, 0) is 80.1 Å². The highest BCUT2D eigenvalue weighted by molar-refractivity contribution is 6.30. The van der Waals surface area contributed by atoms with E-state index in [1.807, 2.05) is 6.92 Å². The molecule has 0 spiro atoms. The predicted octanol–water partition coefficient (Wildman–Crippen LogP) is 5.75. The number of aromatic nitrogens is 2. The number of hydrogen-bond acceptors (Lipinski definition) is 4. The molecule has 0 saturated heterocycles. The largest absolute Gasteiger partial charge is 0.481 e. The minimum atomic E-state index is -0.768. The first-order valence-electron chi connectivity index (χ1n) is 10.4. The molecule has 1 heterocycles. The minimum Gasteiger partial charge on any atom is -0.481 e. The van der Waals surface area contributed by atoms with Crippen LogP contribution in [0.1, 0.15) is 42.6 Å². The molecule has 168 valence electrons. The molecule has 8 heteroatoms. The number of carbonyl (C=O) groups excluding carboxylic acids is 1. The monoisotopic (exact) mass is 460 g/mol. The van der Waals surface area contributed by atoms with E-state index in [9.17, 15) is 13.6 Å². The Morgan fingerprint density at radius 2 is 1.88 bits per heavy atom. The van der Waals surface area contributed by atoms with Gasteiger partial charge >= 0.3 is 5.97 Å². The van der Waals surface area contributed by atoms with Gasteiger partial charge in [0.1, 0.15) is 6.61 Å². The average Bonchev–Trinajstić information content (AvgIpc) is 3.40. The molecule has 1 aliphatic rings. The van der Waals surface area contributed by atoms with Gasteiger partial charge in [0.25, 0.3) is 0 Å². The molecule has 32 heavy (non-hydrogen) atoms. The lowest BCUT2D eigenvalue weighted by Crippen LogP contribution is -2.07. The van der Waals surface area contributed by atoms with Crippen LogP contribution >= 0.6 is 11.6 Å². The second-order valence-electron chi connectivity index (χ2n) is 7.88. The molecule has 4 rings (SSSR count). The van der Waals surface area contributed by atoms with Crippen LogP contribution in [0.15, 0.2) is 42.5 Å². The topological polar surface area (TPSA) is 53.4 Å². The highest BCUT2D eigenvalue weighted by atomic mass is 35.5. The van der Waals surface area contributed by atoms with Crippen LogP contribution in [0.5, 0.6) is 5.75 Å². The molecule has 1 aromatic heterocycles. The maximum atomic E-state index is 14.7. The molecule has 3 aromatic rings. The number of nitrogens with zero attached hydrogens (tertiary/aromatic N) is 2. The van der Waals surface area contributed by atoms with Crippen molar-refractivity contribution in [3.8, 4) is 11.4 Å². The first kappa shape index (κ1) is 22.3. The third-order valence-electron chi connectivity index (χ3n) is 5.45. The molecule has 2 atom stereocenters. The zero-order chi connectivity index (χ0) is 22.8. The summed E-state index contributed by atoms with van der Waals surface area (Å²) in [5.74, 6) is -2.25. The molecule has 5 nitrogen and oxygen atoms in total. The summed E-state index contributed by atoms with van der Waals surface area (Å²) in [4.78, 5) is 11.6. The third kappa shape index (κ3) is 4.93. The number of carbonyl (C=O) groups is 1. The number of rotatable bonds is 8. The van der Waals surface area contributed by atoms with Crippen LogP contribution in [-0.2, 0) is 16.1 Å². The van der Waals surface area contributed by atoms with Gasteiger partial charge in [0.15, 0.2) is 17.4 Å². The Hall–Kier alpha value is -2.93. The van der Waals surface area contributed by atoms with Crippen molar-refractivity contribution in [2.75, 3.05) is 6.61 Å². The number of ether oxygens (including phenoxy) is 2. The highest BCUT2D eigenvalue weighted by Gasteiger charge is 2.40. The quantitative estimate of drug-likeness (QED) is 0.402. The molecule has 0 radical (unpaired) electrons. The van der Waals surface area contributed by atoms with Gasteiger partial charge in [0.05, 0.1) is 23.7 Å². The fourth-order valence-electron chi connectivity index (χ4n) is 3.85. The molecule has 0 amide bonds. The Bertz CT molecular complexity index is 1110. The van der Waals surface area contributed by atoms with Gasteiger partial charge in [-0.3, -0.25) is 4.79 Å². The molecule has 1 saturated carbocycles. The summed E-state index contributed by atoms with van der Waals surface area (Å²) in [6, 6.07) is 11.5. The molecule has 0 bridgehead atoms. The van der Waals surface area contributed by atoms with E-state index in [1.54, 1.807) is 41.9 Å². The average molecular weight is 461 g/mol. The lowest BCUT2D eigenvalue weighted by Gasteiger charge is -2.12. The van der Waals surface area contributed by atoms with E-state index in [4.69, 9.17) is 21.1 Å². The maximum Gasteiger partial charge on any atom is 0.306 e. The van der Waals surface area contributed by atoms with E-state index in [0.717, 1.165) is 11.4 Å². The van der Waals surface area contributed by atoms with Crippen molar-refractivity contribution in [1.82, 2.24) is 9.78 Å². The summed E-state index contributed by atoms with van der Waals surface area (Å²) >= 11 is 5.95. The van der Waals surface area contributed by atoms with Crippen LogP contribution < -0.4 is 4.74 Å². The van der Waals surface area contributed by atoms with Gasteiger partial charge in [-0.15, -0.1) is 0 Å². The summed E-state index contributed by atoms with van der Waals surface area (Å²) < 4.78 is 41.5. The van der Waals surface area contributed by atoms with Gasteiger partial charge in [-0.1, -0.05) is 11.6 Å². The number of esters is 1. The summed E-state index contributed by atoms with van der Waals surface area (Å²) in [5.41, 5.74) is 2.68. The van der Waals surface area contributed by atoms with Gasteiger partial charge < -0.3 is 9.47 Å². The first-order chi connectivity index (χ1) is 15.4. The van der Waals surface area contributed by atoms with Crippen molar-refractivity contribution >= 4 is 17.6 Å². The van der Waals surface area contributed by atoms with E-state index in [2.05, 4.69) is 5.10 Å². The summed E-state index contributed by atoms with van der Waals surface area (Å²) in [7, 11) is 0. The fourth-order valence-corrected chi connectivity index (χ4v) is 3.98. The Morgan fingerprint density at radius 1 is 1.19 bits per heavy atom. The molecule has 0 N–H and O–H groups in total. The van der Waals surface area contributed by atoms with Crippen molar-refractivity contribution < 1.29 is 23.0 Å². The van der Waals surface area contributed by atoms with E-state index in [-0.39, 0.29) is 30.8 Å².